The second-order valence-electron chi connectivity index (χ2n) is 8.18. The molecule has 2 heteroatoms. The zero-order valence-electron chi connectivity index (χ0n) is 15.9. The zero-order chi connectivity index (χ0) is 17.9. The summed E-state index contributed by atoms with van der Waals surface area (Å²) in [4.78, 5) is 0. The molecule has 2 nitrogen and oxygen atoms in total. The van der Waals surface area contributed by atoms with E-state index in [2.05, 4.69) is 52.8 Å². The van der Waals surface area contributed by atoms with E-state index in [1.165, 1.54) is 16.7 Å². The minimum Gasteiger partial charge on any atom is -0.507 e. The monoisotopic (exact) mass is 324 g/mol. The Balaban J connectivity index is 2.21. The van der Waals surface area contributed by atoms with Gasteiger partial charge in [0.15, 0.2) is 0 Å². The lowest BCUT2D eigenvalue weighted by molar-refractivity contribution is 0.0295. The van der Waals surface area contributed by atoms with Crippen molar-refractivity contribution in [3.63, 3.8) is 0 Å². The largest absolute Gasteiger partial charge is 0.507 e. The molecule has 0 saturated carbocycles. The van der Waals surface area contributed by atoms with Gasteiger partial charge in [-0.1, -0.05) is 38.1 Å². The van der Waals surface area contributed by atoms with Crippen LogP contribution in [0.5, 0.6) is 11.5 Å². The molecular formula is C22H28O2. The highest BCUT2D eigenvalue weighted by Crippen LogP contribution is 2.52. The van der Waals surface area contributed by atoms with Gasteiger partial charge in [0.2, 0.25) is 0 Å². The fourth-order valence-electron chi connectivity index (χ4n) is 4.03. The molecule has 0 spiro atoms. The molecule has 24 heavy (non-hydrogen) atoms. The Morgan fingerprint density at radius 2 is 1.38 bits per heavy atom. The van der Waals surface area contributed by atoms with Gasteiger partial charge in [-0.2, -0.15) is 0 Å². The van der Waals surface area contributed by atoms with Gasteiger partial charge in [-0.15, -0.1) is 0 Å². The molecule has 2 aromatic carbocycles. The van der Waals surface area contributed by atoms with Gasteiger partial charge >= 0.3 is 0 Å². The third-order valence-corrected chi connectivity index (χ3v) is 5.78. The van der Waals surface area contributed by atoms with Crippen LogP contribution in [0.4, 0.5) is 0 Å². The normalized spacial score (nSPS) is 22.0. The van der Waals surface area contributed by atoms with Crippen molar-refractivity contribution in [3.8, 4) is 11.5 Å². The summed E-state index contributed by atoms with van der Waals surface area (Å²) in [5, 5.41) is 10.8. The van der Waals surface area contributed by atoms with E-state index in [1.54, 1.807) is 0 Å². The molecule has 0 amide bonds. The second-order valence-corrected chi connectivity index (χ2v) is 8.18. The van der Waals surface area contributed by atoms with E-state index in [4.69, 9.17) is 4.74 Å². The number of aryl methyl sites for hydroxylation is 2. The standard InChI is InChI=1S/C22H28O2/c1-13-8-10-17(19(23)15(13)3)22(7)12-21(5,6)18-11-9-14(2)16(4)20(18)24-22/h8-11,23H,12H2,1-7H3. The van der Waals surface area contributed by atoms with Gasteiger partial charge in [0.05, 0.1) is 0 Å². The van der Waals surface area contributed by atoms with E-state index >= 15 is 0 Å². The summed E-state index contributed by atoms with van der Waals surface area (Å²) >= 11 is 0. The number of fused-ring (bicyclic) bond motifs is 1. The van der Waals surface area contributed by atoms with Crippen molar-refractivity contribution in [2.75, 3.05) is 0 Å². The highest BCUT2D eigenvalue weighted by Gasteiger charge is 2.45. The Morgan fingerprint density at radius 1 is 0.833 bits per heavy atom. The lowest BCUT2D eigenvalue weighted by Crippen LogP contribution is -2.42. The van der Waals surface area contributed by atoms with E-state index in [-0.39, 0.29) is 5.41 Å². The molecule has 1 aliphatic heterocycles. The van der Waals surface area contributed by atoms with Gasteiger partial charge in [-0.25, -0.2) is 0 Å². The molecule has 2 aromatic rings. The van der Waals surface area contributed by atoms with E-state index < -0.39 is 5.60 Å². The quantitative estimate of drug-likeness (QED) is 0.739. The van der Waals surface area contributed by atoms with Gasteiger partial charge < -0.3 is 9.84 Å². The number of hydrogen-bond acceptors (Lipinski definition) is 2. The molecule has 1 heterocycles. The molecule has 0 aromatic heterocycles. The predicted molar refractivity (Wildman–Crippen MR) is 99.1 cm³/mol. The molecule has 0 fully saturated rings. The Morgan fingerprint density at radius 3 is 2.00 bits per heavy atom. The Kier molecular flexibility index (Phi) is 3.71. The van der Waals surface area contributed by atoms with E-state index in [9.17, 15) is 5.11 Å². The Labute approximate surface area is 145 Å². The van der Waals surface area contributed by atoms with Crippen molar-refractivity contribution in [2.24, 2.45) is 0 Å². The molecule has 1 unspecified atom stereocenters. The summed E-state index contributed by atoms with van der Waals surface area (Å²) in [6.45, 7) is 14.9. The maximum absolute atomic E-state index is 10.8. The Hall–Kier alpha value is -1.96. The summed E-state index contributed by atoms with van der Waals surface area (Å²) in [6, 6.07) is 8.46. The first-order chi connectivity index (χ1) is 11.1. The molecule has 1 aliphatic rings. The third-order valence-electron chi connectivity index (χ3n) is 5.78. The van der Waals surface area contributed by atoms with Crippen molar-refractivity contribution in [3.05, 3.63) is 57.6 Å². The maximum Gasteiger partial charge on any atom is 0.136 e. The topological polar surface area (TPSA) is 29.5 Å². The summed E-state index contributed by atoms with van der Waals surface area (Å²) in [5.74, 6) is 1.34. The minimum atomic E-state index is -0.544. The van der Waals surface area contributed by atoms with Crippen LogP contribution in [0.2, 0.25) is 0 Å². The van der Waals surface area contributed by atoms with Gasteiger partial charge in [0.25, 0.3) is 0 Å². The van der Waals surface area contributed by atoms with Crippen molar-refractivity contribution in [1.29, 1.82) is 0 Å². The van der Waals surface area contributed by atoms with Crippen LogP contribution in [-0.2, 0) is 11.0 Å². The van der Waals surface area contributed by atoms with Gasteiger partial charge in [0.1, 0.15) is 17.1 Å². The van der Waals surface area contributed by atoms with Crippen LogP contribution < -0.4 is 4.74 Å². The molecule has 0 aliphatic carbocycles. The number of ether oxygens (including phenoxy) is 1. The van der Waals surface area contributed by atoms with Crippen LogP contribution in [0.1, 0.15) is 60.6 Å². The highest BCUT2D eigenvalue weighted by atomic mass is 16.5. The number of phenols is 1. The van der Waals surface area contributed by atoms with Crippen molar-refractivity contribution < 1.29 is 9.84 Å². The molecule has 1 N–H and O–H groups in total. The SMILES string of the molecule is Cc1ccc(C2(C)CC(C)(C)c3ccc(C)c(C)c3O2)c(O)c1C. The van der Waals surface area contributed by atoms with Crippen molar-refractivity contribution >= 4 is 0 Å². The van der Waals surface area contributed by atoms with Gasteiger partial charge in [-0.05, 0) is 62.3 Å². The fraction of sp³-hybridized carbons (Fsp3) is 0.455. The molecule has 128 valence electrons. The molecule has 0 saturated heterocycles. The fourth-order valence-corrected chi connectivity index (χ4v) is 4.03. The molecule has 1 atom stereocenters. The number of rotatable bonds is 1. The number of benzene rings is 2. The molecular weight excluding hydrogens is 296 g/mol. The molecule has 0 radical (unpaired) electrons. The summed E-state index contributed by atoms with van der Waals surface area (Å²) in [7, 11) is 0. The summed E-state index contributed by atoms with van der Waals surface area (Å²) in [5.41, 5.74) is 6.03. The van der Waals surface area contributed by atoms with E-state index in [1.807, 2.05) is 19.9 Å². The lowest BCUT2D eigenvalue weighted by atomic mass is 9.70. The van der Waals surface area contributed by atoms with E-state index in [0.29, 0.717) is 5.75 Å². The number of phenolic OH excluding ortho intramolecular Hbond substituents is 1. The van der Waals surface area contributed by atoms with E-state index in [0.717, 1.165) is 28.9 Å². The third kappa shape index (κ3) is 2.40. The average Bonchev–Trinajstić information content (AvgIpc) is 2.48. The second kappa shape index (κ2) is 5.27. The van der Waals surface area contributed by atoms with Crippen LogP contribution in [0, 0.1) is 27.7 Å². The first-order valence-corrected chi connectivity index (χ1v) is 8.66. The maximum atomic E-state index is 10.8. The minimum absolute atomic E-state index is 0.0218. The van der Waals surface area contributed by atoms with Gasteiger partial charge in [0, 0.05) is 17.5 Å². The first kappa shape index (κ1) is 16.9. The van der Waals surface area contributed by atoms with Gasteiger partial charge in [-0.3, -0.25) is 0 Å². The smallest absolute Gasteiger partial charge is 0.136 e. The molecule has 3 rings (SSSR count). The summed E-state index contributed by atoms with van der Waals surface area (Å²) in [6.07, 6.45) is 0.825. The number of aromatic hydroxyl groups is 1. The van der Waals surface area contributed by atoms with Crippen LogP contribution in [0.15, 0.2) is 24.3 Å². The van der Waals surface area contributed by atoms with Crippen LogP contribution >= 0.6 is 0 Å². The van der Waals surface area contributed by atoms with Crippen molar-refractivity contribution in [2.45, 2.75) is 65.9 Å². The van der Waals surface area contributed by atoms with Crippen molar-refractivity contribution in [1.82, 2.24) is 0 Å². The summed E-state index contributed by atoms with van der Waals surface area (Å²) < 4.78 is 6.57. The Bertz CT molecular complexity index is 817. The number of hydrogen-bond donors (Lipinski definition) is 1. The first-order valence-electron chi connectivity index (χ1n) is 8.66. The van der Waals surface area contributed by atoms with Crippen LogP contribution in [-0.4, -0.2) is 5.11 Å². The van der Waals surface area contributed by atoms with Crippen LogP contribution in [0.3, 0.4) is 0 Å². The van der Waals surface area contributed by atoms with Crippen LogP contribution in [0.25, 0.3) is 0 Å². The average molecular weight is 324 g/mol. The zero-order valence-corrected chi connectivity index (χ0v) is 15.9. The lowest BCUT2D eigenvalue weighted by Gasteiger charge is -2.45. The molecule has 0 bridgehead atoms. The highest BCUT2D eigenvalue weighted by molar-refractivity contribution is 5.54. The predicted octanol–water partition coefficient (Wildman–Crippen LogP) is 5.60.